The van der Waals surface area contributed by atoms with Crippen LogP contribution in [0.5, 0.6) is 5.75 Å². The Bertz CT molecular complexity index is 427. The van der Waals surface area contributed by atoms with Crippen LogP contribution in [-0.4, -0.2) is 37.2 Å². The lowest BCUT2D eigenvalue weighted by Gasteiger charge is -2.27. The van der Waals surface area contributed by atoms with Gasteiger partial charge in [-0.1, -0.05) is 13.0 Å². The standard InChI is InChI=1S/C16H24N2O/c1-2-14(18-8-3-4-9-18)11-13-5-6-16-15(12-13)17-7-10-19-16/h5-6,12,14,17H,2-4,7-11H2,1H3. The summed E-state index contributed by atoms with van der Waals surface area (Å²) in [6, 6.07) is 7.32. The van der Waals surface area contributed by atoms with E-state index in [0.717, 1.165) is 25.3 Å². The van der Waals surface area contributed by atoms with Crippen LogP contribution in [-0.2, 0) is 6.42 Å². The minimum atomic E-state index is 0.699. The maximum absolute atomic E-state index is 5.64. The molecule has 104 valence electrons. The fraction of sp³-hybridized carbons (Fsp3) is 0.625. The van der Waals surface area contributed by atoms with Gasteiger partial charge in [0.2, 0.25) is 0 Å². The Kier molecular flexibility index (Phi) is 3.92. The summed E-state index contributed by atoms with van der Waals surface area (Å²) in [5.74, 6) is 1.00. The molecule has 2 aliphatic heterocycles. The molecule has 3 rings (SSSR count). The third-order valence-corrected chi connectivity index (χ3v) is 4.32. The molecule has 3 nitrogen and oxygen atoms in total. The minimum Gasteiger partial charge on any atom is -0.490 e. The molecule has 1 aromatic carbocycles. The molecule has 0 radical (unpaired) electrons. The second-order valence-corrected chi connectivity index (χ2v) is 5.62. The first-order chi connectivity index (χ1) is 9.36. The van der Waals surface area contributed by atoms with Crippen LogP contribution >= 0.6 is 0 Å². The summed E-state index contributed by atoms with van der Waals surface area (Å²) < 4.78 is 5.64. The molecule has 2 aliphatic rings. The maximum Gasteiger partial charge on any atom is 0.142 e. The van der Waals surface area contributed by atoms with E-state index in [1.807, 2.05) is 0 Å². The molecule has 1 unspecified atom stereocenters. The maximum atomic E-state index is 5.64. The molecule has 1 atom stereocenters. The summed E-state index contributed by atoms with van der Waals surface area (Å²) in [6.07, 6.45) is 5.14. The van der Waals surface area contributed by atoms with Gasteiger partial charge in [-0.05, 0) is 56.5 Å². The molecular formula is C16H24N2O. The fourth-order valence-corrected chi connectivity index (χ4v) is 3.23. The molecule has 19 heavy (non-hydrogen) atoms. The van der Waals surface area contributed by atoms with E-state index in [2.05, 4.69) is 35.3 Å². The SMILES string of the molecule is CCC(Cc1ccc2c(c1)NCCO2)N1CCCC1. The lowest BCUT2D eigenvalue weighted by Crippen LogP contribution is -2.33. The van der Waals surface area contributed by atoms with E-state index in [-0.39, 0.29) is 0 Å². The molecule has 2 heterocycles. The Morgan fingerprint density at radius 2 is 2.16 bits per heavy atom. The molecule has 1 fully saturated rings. The fourth-order valence-electron chi connectivity index (χ4n) is 3.23. The number of ether oxygens (including phenoxy) is 1. The van der Waals surface area contributed by atoms with Crippen molar-refractivity contribution >= 4 is 5.69 Å². The average Bonchev–Trinajstić information content (AvgIpc) is 2.98. The summed E-state index contributed by atoms with van der Waals surface area (Å²) in [5, 5.41) is 3.43. The van der Waals surface area contributed by atoms with E-state index in [4.69, 9.17) is 4.74 Å². The quantitative estimate of drug-likeness (QED) is 0.901. The van der Waals surface area contributed by atoms with Crippen LogP contribution in [0.1, 0.15) is 31.7 Å². The smallest absolute Gasteiger partial charge is 0.142 e. The van der Waals surface area contributed by atoms with Crippen molar-refractivity contribution in [2.24, 2.45) is 0 Å². The Morgan fingerprint density at radius 3 is 2.95 bits per heavy atom. The van der Waals surface area contributed by atoms with Crippen LogP contribution in [0.3, 0.4) is 0 Å². The lowest BCUT2D eigenvalue weighted by molar-refractivity contribution is 0.234. The minimum absolute atomic E-state index is 0.699. The zero-order valence-corrected chi connectivity index (χ0v) is 11.8. The Morgan fingerprint density at radius 1 is 1.32 bits per heavy atom. The number of likely N-dealkylation sites (tertiary alicyclic amines) is 1. The second-order valence-electron chi connectivity index (χ2n) is 5.62. The Hall–Kier alpha value is -1.22. The van der Waals surface area contributed by atoms with Crippen LogP contribution < -0.4 is 10.1 Å². The highest BCUT2D eigenvalue weighted by Crippen LogP contribution is 2.29. The normalized spacial score (nSPS) is 20.5. The topological polar surface area (TPSA) is 24.5 Å². The first-order valence-corrected chi connectivity index (χ1v) is 7.60. The van der Waals surface area contributed by atoms with Crippen LogP contribution in [0.15, 0.2) is 18.2 Å². The molecule has 1 saturated heterocycles. The number of benzene rings is 1. The van der Waals surface area contributed by atoms with E-state index in [1.54, 1.807) is 0 Å². The van der Waals surface area contributed by atoms with Crippen molar-refractivity contribution in [1.29, 1.82) is 0 Å². The van der Waals surface area contributed by atoms with Gasteiger partial charge in [0.05, 0.1) is 5.69 Å². The molecule has 3 heteroatoms. The van der Waals surface area contributed by atoms with Crippen LogP contribution in [0.25, 0.3) is 0 Å². The van der Waals surface area contributed by atoms with Crippen molar-refractivity contribution in [1.82, 2.24) is 4.90 Å². The highest BCUT2D eigenvalue weighted by atomic mass is 16.5. The van der Waals surface area contributed by atoms with Gasteiger partial charge in [0.15, 0.2) is 0 Å². The van der Waals surface area contributed by atoms with Gasteiger partial charge in [-0.15, -0.1) is 0 Å². The van der Waals surface area contributed by atoms with Gasteiger partial charge in [0.1, 0.15) is 12.4 Å². The first kappa shape index (κ1) is 12.8. The summed E-state index contributed by atoms with van der Waals surface area (Å²) in [7, 11) is 0. The monoisotopic (exact) mass is 260 g/mol. The number of fused-ring (bicyclic) bond motifs is 1. The third kappa shape index (κ3) is 2.86. The summed E-state index contributed by atoms with van der Waals surface area (Å²) in [6.45, 7) is 6.57. The zero-order valence-electron chi connectivity index (χ0n) is 11.8. The third-order valence-electron chi connectivity index (χ3n) is 4.32. The second kappa shape index (κ2) is 5.83. The van der Waals surface area contributed by atoms with Crippen LogP contribution in [0.4, 0.5) is 5.69 Å². The van der Waals surface area contributed by atoms with Gasteiger partial charge in [0.25, 0.3) is 0 Å². The van der Waals surface area contributed by atoms with Crippen molar-refractivity contribution in [2.45, 2.75) is 38.6 Å². The van der Waals surface area contributed by atoms with E-state index in [9.17, 15) is 0 Å². The molecule has 1 N–H and O–H groups in total. The van der Waals surface area contributed by atoms with Gasteiger partial charge in [-0.2, -0.15) is 0 Å². The predicted octanol–water partition coefficient (Wildman–Crippen LogP) is 2.91. The first-order valence-electron chi connectivity index (χ1n) is 7.60. The number of rotatable bonds is 4. The summed E-state index contributed by atoms with van der Waals surface area (Å²) in [5.41, 5.74) is 2.59. The molecular weight excluding hydrogens is 236 g/mol. The van der Waals surface area contributed by atoms with E-state index >= 15 is 0 Å². The summed E-state index contributed by atoms with van der Waals surface area (Å²) in [4.78, 5) is 2.66. The van der Waals surface area contributed by atoms with Gasteiger partial charge >= 0.3 is 0 Å². The molecule has 0 amide bonds. The van der Waals surface area contributed by atoms with Gasteiger partial charge in [-0.3, -0.25) is 0 Å². The number of hydrogen-bond acceptors (Lipinski definition) is 3. The van der Waals surface area contributed by atoms with Crippen LogP contribution in [0.2, 0.25) is 0 Å². The van der Waals surface area contributed by atoms with Crippen molar-refractivity contribution in [3.05, 3.63) is 23.8 Å². The van der Waals surface area contributed by atoms with E-state index < -0.39 is 0 Å². The Balaban J connectivity index is 1.71. The largest absolute Gasteiger partial charge is 0.490 e. The van der Waals surface area contributed by atoms with Gasteiger partial charge < -0.3 is 15.0 Å². The van der Waals surface area contributed by atoms with E-state index in [1.165, 1.54) is 43.6 Å². The van der Waals surface area contributed by atoms with Crippen molar-refractivity contribution in [3.63, 3.8) is 0 Å². The summed E-state index contributed by atoms with van der Waals surface area (Å²) >= 11 is 0. The van der Waals surface area contributed by atoms with Crippen molar-refractivity contribution < 1.29 is 4.74 Å². The number of nitrogens with one attached hydrogen (secondary N) is 1. The van der Waals surface area contributed by atoms with Gasteiger partial charge in [-0.25, -0.2) is 0 Å². The van der Waals surface area contributed by atoms with Crippen molar-refractivity contribution in [3.8, 4) is 5.75 Å². The number of nitrogens with zero attached hydrogens (tertiary/aromatic N) is 1. The predicted molar refractivity (Wildman–Crippen MR) is 79.0 cm³/mol. The zero-order chi connectivity index (χ0) is 13.1. The molecule has 1 aromatic rings. The molecule has 0 aliphatic carbocycles. The molecule has 0 spiro atoms. The Labute approximate surface area is 115 Å². The van der Waals surface area contributed by atoms with Crippen molar-refractivity contribution in [2.75, 3.05) is 31.6 Å². The highest BCUT2D eigenvalue weighted by Gasteiger charge is 2.21. The number of hydrogen-bond donors (Lipinski definition) is 1. The van der Waals surface area contributed by atoms with Crippen LogP contribution in [0, 0.1) is 0 Å². The molecule has 0 saturated carbocycles. The van der Waals surface area contributed by atoms with E-state index in [0.29, 0.717) is 6.04 Å². The van der Waals surface area contributed by atoms with Gasteiger partial charge in [0, 0.05) is 12.6 Å². The molecule has 0 bridgehead atoms. The average molecular weight is 260 g/mol. The highest BCUT2D eigenvalue weighted by molar-refractivity contribution is 5.59. The number of anilines is 1. The molecule has 0 aromatic heterocycles. The lowest BCUT2D eigenvalue weighted by atomic mass is 10.0.